The molecule has 1 unspecified atom stereocenters. The Hall–Kier alpha value is -2.62. The van der Waals surface area contributed by atoms with Crippen LogP contribution in [0.3, 0.4) is 0 Å². The van der Waals surface area contributed by atoms with Gasteiger partial charge < -0.3 is 9.72 Å². The summed E-state index contributed by atoms with van der Waals surface area (Å²) in [6.45, 7) is 5.48. The summed E-state index contributed by atoms with van der Waals surface area (Å²) in [4.78, 5) is 27.8. The standard InChI is InChI=1S/C19H19NO3/c1-3-9-23-19(22)18-12(2)17-15(20-18)10-14(11-16(17)21)13-7-5-4-6-8-13/h3-8,14,20H,1,9-11H2,2H3. The summed E-state index contributed by atoms with van der Waals surface area (Å²) in [5, 5.41) is 0. The van der Waals surface area contributed by atoms with Crippen LogP contribution in [0.1, 0.15) is 50.0 Å². The summed E-state index contributed by atoms with van der Waals surface area (Å²) in [5.74, 6) is -0.219. The van der Waals surface area contributed by atoms with E-state index in [1.54, 1.807) is 6.92 Å². The van der Waals surface area contributed by atoms with E-state index in [4.69, 9.17) is 4.74 Å². The van der Waals surface area contributed by atoms with Crippen LogP contribution in [0.4, 0.5) is 0 Å². The molecule has 1 aliphatic carbocycles. The first-order valence-electron chi connectivity index (χ1n) is 7.69. The molecule has 0 fully saturated rings. The Labute approximate surface area is 135 Å². The molecule has 1 heterocycles. The summed E-state index contributed by atoms with van der Waals surface area (Å²) in [5.41, 5.74) is 3.69. The van der Waals surface area contributed by atoms with E-state index in [-0.39, 0.29) is 18.3 Å². The summed E-state index contributed by atoms with van der Waals surface area (Å²) in [6.07, 6.45) is 2.71. The average molecular weight is 309 g/mol. The van der Waals surface area contributed by atoms with Gasteiger partial charge in [-0.2, -0.15) is 0 Å². The summed E-state index contributed by atoms with van der Waals surface area (Å²) < 4.78 is 5.08. The van der Waals surface area contributed by atoms with Gasteiger partial charge in [-0.15, -0.1) is 0 Å². The number of ether oxygens (including phenoxy) is 1. The van der Waals surface area contributed by atoms with Crippen LogP contribution in [0, 0.1) is 6.92 Å². The highest BCUT2D eigenvalue weighted by Gasteiger charge is 2.32. The number of ketones is 1. The van der Waals surface area contributed by atoms with Crippen molar-refractivity contribution in [3.63, 3.8) is 0 Å². The second kappa shape index (κ2) is 6.24. The molecule has 0 spiro atoms. The Balaban J connectivity index is 1.92. The molecule has 23 heavy (non-hydrogen) atoms. The number of H-pyrrole nitrogens is 1. The van der Waals surface area contributed by atoms with Gasteiger partial charge in [0.05, 0.1) is 0 Å². The van der Waals surface area contributed by atoms with Crippen molar-refractivity contribution < 1.29 is 14.3 Å². The van der Waals surface area contributed by atoms with E-state index in [9.17, 15) is 9.59 Å². The van der Waals surface area contributed by atoms with Crippen LogP contribution >= 0.6 is 0 Å². The Kier molecular flexibility index (Phi) is 4.15. The Bertz CT molecular complexity index is 758. The number of aromatic nitrogens is 1. The number of nitrogens with one attached hydrogen (secondary N) is 1. The number of fused-ring (bicyclic) bond motifs is 1. The smallest absolute Gasteiger partial charge is 0.355 e. The Morgan fingerprint density at radius 3 is 2.78 bits per heavy atom. The predicted octanol–water partition coefficient (Wildman–Crippen LogP) is 3.58. The van der Waals surface area contributed by atoms with E-state index in [0.717, 1.165) is 17.7 Å². The first kappa shape index (κ1) is 15.3. The second-order valence-corrected chi connectivity index (χ2v) is 5.80. The zero-order chi connectivity index (χ0) is 16.4. The van der Waals surface area contributed by atoms with Gasteiger partial charge in [-0.25, -0.2) is 4.79 Å². The zero-order valence-corrected chi connectivity index (χ0v) is 13.1. The maximum atomic E-state index is 12.6. The third-order valence-electron chi connectivity index (χ3n) is 4.30. The predicted molar refractivity (Wildman–Crippen MR) is 87.8 cm³/mol. The van der Waals surface area contributed by atoms with Crippen LogP contribution in [0.2, 0.25) is 0 Å². The molecule has 0 bridgehead atoms. The van der Waals surface area contributed by atoms with E-state index in [1.807, 2.05) is 30.3 Å². The fraction of sp³-hybridized carbons (Fsp3) is 0.263. The van der Waals surface area contributed by atoms with Gasteiger partial charge in [0.25, 0.3) is 0 Å². The lowest BCUT2D eigenvalue weighted by molar-refractivity contribution is 0.0542. The lowest BCUT2D eigenvalue weighted by Crippen LogP contribution is -2.18. The van der Waals surface area contributed by atoms with Crippen molar-refractivity contribution >= 4 is 11.8 Å². The molecular formula is C19H19NO3. The molecule has 1 atom stereocenters. The van der Waals surface area contributed by atoms with Gasteiger partial charge in [-0.05, 0) is 30.4 Å². The minimum Gasteiger partial charge on any atom is -0.457 e. The van der Waals surface area contributed by atoms with Crippen molar-refractivity contribution in [3.05, 3.63) is 71.1 Å². The van der Waals surface area contributed by atoms with Crippen molar-refractivity contribution in [2.45, 2.75) is 25.7 Å². The minimum absolute atomic E-state index is 0.0802. The quantitative estimate of drug-likeness (QED) is 0.693. The number of aromatic amines is 1. The largest absolute Gasteiger partial charge is 0.457 e. The fourth-order valence-corrected chi connectivity index (χ4v) is 3.21. The van der Waals surface area contributed by atoms with Gasteiger partial charge in [0.1, 0.15) is 12.3 Å². The lowest BCUT2D eigenvalue weighted by atomic mass is 9.81. The third kappa shape index (κ3) is 2.84. The summed E-state index contributed by atoms with van der Waals surface area (Å²) in [6, 6.07) is 10.0. The Morgan fingerprint density at radius 2 is 2.09 bits per heavy atom. The van der Waals surface area contributed by atoms with Gasteiger partial charge in [-0.3, -0.25) is 4.79 Å². The summed E-state index contributed by atoms with van der Waals surface area (Å²) >= 11 is 0. The molecule has 2 aromatic rings. The molecule has 4 heteroatoms. The lowest BCUT2D eigenvalue weighted by Gasteiger charge is -2.22. The molecule has 0 aliphatic heterocycles. The van der Waals surface area contributed by atoms with Crippen LogP contribution in [-0.4, -0.2) is 23.3 Å². The minimum atomic E-state index is -0.444. The highest BCUT2D eigenvalue weighted by molar-refractivity contribution is 6.03. The van der Waals surface area contributed by atoms with E-state index >= 15 is 0 Å². The number of Topliss-reactive ketones (excluding diaryl/α,β-unsaturated/α-hetero) is 1. The fourth-order valence-electron chi connectivity index (χ4n) is 3.21. The van der Waals surface area contributed by atoms with Gasteiger partial charge in [0.15, 0.2) is 5.78 Å². The van der Waals surface area contributed by atoms with E-state index in [0.29, 0.717) is 23.2 Å². The van der Waals surface area contributed by atoms with Crippen molar-refractivity contribution in [1.29, 1.82) is 0 Å². The normalized spacial score (nSPS) is 16.7. The molecule has 1 aromatic carbocycles. The van der Waals surface area contributed by atoms with Gasteiger partial charge in [-0.1, -0.05) is 43.0 Å². The van der Waals surface area contributed by atoms with Crippen molar-refractivity contribution in [3.8, 4) is 0 Å². The summed E-state index contributed by atoms with van der Waals surface area (Å²) in [7, 11) is 0. The van der Waals surface area contributed by atoms with E-state index in [2.05, 4.69) is 11.6 Å². The molecule has 0 radical (unpaired) electrons. The van der Waals surface area contributed by atoms with Crippen LogP contribution in [-0.2, 0) is 11.2 Å². The Morgan fingerprint density at radius 1 is 1.35 bits per heavy atom. The first-order valence-corrected chi connectivity index (χ1v) is 7.69. The van der Waals surface area contributed by atoms with Gasteiger partial charge in [0.2, 0.25) is 0 Å². The molecule has 0 saturated heterocycles. The van der Waals surface area contributed by atoms with Gasteiger partial charge in [0, 0.05) is 17.7 Å². The molecule has 0 amide bonds. The molecule has 1 aromatic heterocycles. The molecular weight excluding hydrogens is 290 g/mol. The number of hydrogen-bond donors (Lipinski definition) is 1. The highest BCUT2D eigenvalue weighted by atomic mass is 16.5. The van der Waals surface area contributed by atoms with E-state index < -0.39 is 5.97 Å². The topological polar surface area (TPSA) is 59.2 Å². The number of carbonyl (C=O) groups is 2. The number of esters is 1. The average Bonchev–Trinajstić information content (AvgIpc) is 2.91. The highest BCUT2D eigenvalue weighted by Crippen LogP contribution is 2.35. The number of rotatable bonds is 4. The first-order chi connectivity index (χ1) is 11.1. The van der Waals surface area contributed by atoms with Crippen LogP contribution in [0.15, 0.2) is 43.0 Å². The maximum absolute atomic E-state index is 12.6. The molecule has 0 saturated carbocycles. The zero-order valence-electron chi connectivity index (χ0n) is 13.1. The third-order valence-corrected chi connectivity index (χ3v) is 4.30. The van der Waals surface area contributed by atoms with Crippen LogP contribution in [0.5, 0.6) is 0 Å². The van der Waals surface area contributed by atoms with Gasteiger partial charge >= 0.3 is 5.97 Å². The van der Waals surface area contributed by atoms with Crippen molar-refractivity contribution in [1.82, 2.24) is 4.98 Å². The van der Waals surface area contributed by atoms with Crippen molar-refractivity contribution in [2.75, 3.05) is 6.61 Å². The van der Waals surface area contributed by atoms with Crippen LogP contribution < -0.4 is 0 Å². The SMILES string of the molecule is C=CCOC(=O)c1[nH]c2c(c1C)C(=O)CC(c1ccccc1)C2. The number of benzene rings is 1. The van der Waals surface area contributed by atoms with Crippen LogP contribution in [0.25, 0.3) is 0 Å². The molecule has 3 rings (SSSR count). The molecule has 4 nitrogen and oxygen atoms in total. The van der Waals surface area contributed by atoms with Crippen molar-refractivity contribution in [2.24, 2.45) is 0 Å². The van der Waals surface area contributed by atoms with E-state index in [1.165, 1.54) is 6.08 Å². The molecule has 118 valence electrons. The second-order valence-electron chi connectivity index (χ2n) is 5.80. The molecule has 1 N–H and O–H groups in total. The number of carbonyl (C=O) groups excluding carboxylic acids is 2. The maximum Gasteiger partial charge on any atom is 0.355 e. The monoisotopic (exact) mass is 309 g/mol. The number of hydrogen-bond acceptors (Lipinski definition) is 3. The molecule has 1 aliphatic rings.